The van der Waals surface area contributed by atoms with Crippen molar-refractivity contribution in [2.75, 3.05) is 13.1 Å². The maximum absolute atomic E-state index is 12.3. The SMILES string of the molecule is CC(C)(N)C(=O)N1C[C@@H](Cc2ccnc3ccccc23)[C@@H](O)C1.Cl.Cl. The number of carbonyl (C=O) groups is 1. The van der Waals surface area contributed by atoms with Gasteiger partial charge in [-0.05, 0) is 38.0 Å². The van der Waals surface area contributed by atoms with Crippen LogP contribution in [0, 0.1) is 5.92 Å². The maximum atomic E-state index is 12.3. The molecule has 1 fully saturated rings. The second-order valence-electron chi connectivity index (χ2n) is 6.95. The summed E-state index contributed by atoms with van der Waals surface area (Å²) in [5.41, 5.74) is 7.10. The van der Waals surface area contributed by atoms with E-state index in [-0.39, 0.29) is 36.6 Å². The second-order valence-corrected chi connectivity index (χ2v) is 6.95. The Hall–Kier alpha value is -1.40. The molecular weight excluding hydrogens is 361 g/mol. The van der Waals surface area contributed by atoms with Gasteiger partial charge in [0, 0.05) is 30.6 Å². The van der Waals surface area contributed by atoms with E-state index in [1.54, 1.807) is 24.9 Å². The van der Waals surface area contributed by atoms with Gasteiger partial charge in [0.05, 0.1) is 17.2 Å². The van der Waals surface area contributed by atoms with Gasteiger partial charge in [-0.3, -0.25) is 9.78 Å². The van der Waals surface area contributed by atoms with Crippen molar-refractivity contribution >= 4 is 41.6 Å². The largest absolute Gasteiger partial charge is 0.391 e. The van der Waals surface area contributed by atoms with Crippen LogP contribution in [0.5, 0.6) is 0 Å². The number of likely N-dealkylation sites (tertiary alicyclic amines) is 1. The second kappa shape index (κ2) is 8.32. The predicted octanol–water partition coefficient (Wildman–Crippen LogP) is 2.18. The highest BCUT2D eigenvalue weighted by atomic mass is 35.5. The molecule has 2 heterocycles. The number of amides is 1. The number of aliphatic hydroxyl groups is 1. The third kappa shape index (κ3) is 4.61. The lowest BCUT2D eigenvalue weighted by atomic mass is 9.94. The van der Waals surface area contributed by atoms with E-state index in [9.17, 15) is 9.90 Å². The summed E-state index contributed by atoms with van der Waals surface area (Å²) in [6, 6.07) is 9.98. The molecule has 1 aromatic carbocycles. The fourth-order valence-electron chi connectivity index (χ4n) is 3.24. The molecule has 0 unspecified atom stereocenters. The number of β-amino-alcohol motifs (C(OH)–C–C–N with tert-alkyl or cyclic N) is 1. The fraction of sp³-hybridized carbons (Fsp3) is 0.444. The van der Waals surface area contributed by atoms with Crippen LogP contribution in [0.25, 0.3) is 10.9 Å². The van der Waals surface area contributed by atoms with Crippen LogP contribution in [0.4, 0.5) is 0 Å². The number of nitrogens with two attached hydrogens (primary N) is 1. The van der Waals surface area contributed by atoms with Crippen LogP contribution in [-0.4, -0.2) is 45.6 Å². The van der Waals surface area contributed by atoms with Crippen molar-refractivity contribution in [1.82, 2.24) is 9.88 Å². The Morgan fingerprint density at radius 3 is 2.64 bits per heavy atom. The van der Waals surface area contributed by atoms with Crippen molar-refractivity contribution in [1.29, 1.82) is 0 Å². The van der Waals surface area contributed by atoms with Crippen LogP contribution in [0.1, 0.15) is 19.4 Å². The lowest BCUT2D eigenvalue weighted by molar-refractivity contribution is -0.135. The molecule has 0 radical (unpaired) electrons. The zero-order chi connectivity index (χ0) is 16.6. The van der Waals surface area contributed by atoms with Gasteiger partial charge in [0.25, 0.3) is 0 Å². The maximum Gasteiger partial charge on any atom is 0.242 e. The van der Waals surface area contributed by atoms with Crippen molar-refractivity contribution < 1.29 is 9.90 Å². The molecule has 1 aliphatic rings. The van der Waals surface area contributed by atoms with Gasteiger partial charge in [0.15, 0.2) is 0 Å². The highest BCUT2D eigenvalue weighted by molar-refractivity contribution is 5.86. The summed E-state index contributed by atoms with van der Waals surface area (Å²) in [6.07, 6.45) is 2.00. The summed E-state index contributed by atoms with van der Waals surface area (Å²) in [5, 5.41) is 11.5. The first kappa shape index (κ1) is 21.6. The average molecular weight is 386 g/mol. The van der Waals surface area contributed by atoms with Crippen LogP contribution in [0.3, 0.4) is 0 Å². The molecule has 3 rings (SSSR count). The van der Waals surface area contributed by atoms with Crippen LogP contribution in [0.15, 0.2) is 36.5 Å². The normalized spacial score (nSPS) is 20.1. The first-order valence-electron chi connectivity index (χ1n) is 7.95. The van der Waals surface area contributed by atoms with Crippen molar-refractivity contribution in [2.24, 2.45) is 11.7 Å². The van der Waals surface area contributed by atoms with Crippen LogP contribution < -0.4 is 5.73 Å². The van der Waals surface area contributed by atoms with E-state index in [2.05, 4.69) is 4.98 Å². The van der Waals surface area contributed by atoms with Crippen molar-refractivity contribution in [3.63, 3.8) is 0 Å². The number of rotatable bonds is 3. The van der Waals surface area contributed by atoms with Gasteiger partial charge in [-0.15, -0.1) is 24.8 Å². The van der Waals surface area contributed by atoms with E-state index in [1.165, 1.54) is 0 Å². The number of benzene rings is 1. The molecular formula is C18H25Cl2N3O2. The Bertz CT molecular complexity index is 728. The molecule has 0 bridgehead atoms. The Morgan fingerprint density at radius 2 is 1.96 bits per heavy atom. The van der Waals surface area contributed by atoms with Crippen LogP contribution >= 0.6 is 24.8 Å². The lowest BCUT2D eigenvalue weighted by Gasteiger charge is -2.25. The monoisotopic (exact) mass is 385 g/mol. The van der Waals surface area contributed by atoms with Gasteiger partial charge in [-0.1, -0.05) is 18.2 Å². The molecule has 2 atom stereocenters. The van der Waals surface area contributed by atoms with E-state index < -0.39 is 11.6 Å². The third-order valence-corrected chi connectivity index (χ3v) is 4.47. The van der Waals surface area contributed by atoms with Gasteiger partial charge < -0.3 is 15.7 Å². The summed E-state index contributed by atoms with van der Waals surface area (Å²) in [5.74, 6) is -0.0919. The number of carbonyl (C=O) groups excluding carboxylic acids is 1. The van der Waals surface area contributed by atoms with Crippen LogP contribution in [-0.2, 0) is 11.2 Å². The minimum absolute atomic E-state index is 0. The number of aromatic nitrogens is 1. The van der Waals surface area contributed by atoms with Crippen molar-refractivity contribution in [2.45, 2.75) is 31.9 Å². The Labute approximate surface area is 160 Å². The van der Waals surface area contributed by atoms with E-state index in [1.807, 2.05) is 30.3 Å². The Morgan fingerprint density at radius 1 is 1.28 bits per heavy atom. The molecule has 138 valence electrons. The molecule has 0 aliphatic carbocycles. The predicted molar refractivity (Wildman–Crippen MR) is 104 cm³/mol. The molecule has 1 amide bonds. The molecule has 1 aromatic heterocycles. The van der Waals surface area contributed by atoms with E-state index in [4.69, 9.17) is 5.73 Å². The Balaban J connectivity index is 0.00000156. The van der Waals surface area contributed by atoms with E-state index in [0.717, 1.165) is 22.9 Å². The Kier molecular flexibility index (Phi) is 7.20. The number of hydrogen-bond acceptors (Lipinski definition) is 4. The van der Waals surface area contributed by atoms with E-state index in [0.29, 0.717) is 13.1 Å². The van der Waals surface area contributed by atoms with Crippen LogP contribution in [0.2, 0.25) is 0 Å². The summed E-state index contributed by atoms with van der Waals surface area (Å²) in [4.78, 5) is 18.3. The summed E-state index contributed by atoms with van der Waals surface area (Å²) in [6.45, 7) is 4.29. The number of halogens is 2. The number of aliphatic hydroxyl groups excluding tert-OH is 1. The zero-order valence-electron chi connectivity index (χ0n) is 14.4. The topological polar surface area (TPSA) is 79.5 Å². The first-order valence-corrected chi connectivity index (χ1v) is 7.95. The summed E-state index contributed by atoms with van der Waals surface area (Å²) >= 11 is 0. The van der Waals surface area contributed by atoms with Gasteiger partial charge in [0.2, 0.25) is 5.91 Å². The minimum Gasteiger partial charge on any atom is -0.391 e. The minimum atomic E-state index is -0.905. The molecule has 7 heteroatoms. The number of hydrogen-bond donors (Lipinski definition) is 2. The third-order valence-electron chi connectivity index (χ3n) is 4.47. The number of fused-ring (bicyclic) bond motifs is 1. The summed E-state index contributed by atoms with van der Waals surface area (Å²) < 4.78 is 0. The number of nitrogens with zero attached hydrogens (tertiary/aromatic N) is 2. The molecule has 2 aromatic rings. The van der Waals surface area contributed by atoms with Crippen molar-refractivity contribution in [3.8, 4) is 0 Å². The first-order chi connectivity index (χ1) is 10.9. The molecule has 1 saturated heterocycles. The fourth-order valence-corrected chi connectivity index (χ4v) is 3.24. The zero-order valence-corrected chi connectivity index (χ0v) is 16.0. The molecule has 0 spiro atoms. The smallest absolute Gasteiger partial charge is 0.242 e. The molecule has 1 aliphatic heterocycles. The standard InChI is InChI=1S/C18H23N3O2.2ClH/c1-18(2,19)17(23)21-10-13(16(22)11-21)9-12-7-8-20-15-6-4-3-5-14(12)15;;/h3-8,13,16,22H,9-11,19H2,1-2H3;2*1H/t13-,16+;;/m1../s1. The highest BCUT2D eigenvalue weighted by Gasteiger charge is 2.38. The van der Waals surface area contributed by atoms with Gasteiger partial charge in [-0.2, -0.15) is 0 Å². The van der Waals surface area contributed by atoms with Gasteiger partial charge in [-0.25, -0.2) is 0 Å². The average Bonchev–Trinajstić information content (AvgIpc) is 2.87. The number of pyridine rings is 1. The molecule has 3 N–H and O–H groups in total. The van der Waals surface area contributed by atoms with E-state index >= 15 is 0 Å². The quantitative estimate of drug-likeness (QED) is 0.848. The van der Waals surface area contributed by atoms with Gasteiger partial charge >= 0.3 is 0 Å². The molecule has 5 nitrogen and oxygen atoms in total. The van der Waals surface area contributed by atoms with Crippen molar-refractivity contribution in [3.05, 3.63) is 42.1 Å². The number of para-hydroxylation sites is 1. The highest BCUT2D eigenvalue weighted by Crippen LogP contribution is 2.26. The van der Waals surface area contributed by atoms with Gasteiger partial charge in [0.1, 0.15) is 0 Å². The lowest BCUT2D eigenvalue weighted by Crippen LogP contribution is -2.50. The summed E-state index contributed by atoms with van der Waals surface area (Å²) in [7, 11) is 0. The molecule has 25 heavy (non-hydrogen) atoms. The molecule has 0 saturated carbocycles.